The molecule has 3 rings (SSSR count). The number of aromatic nitrogens is 2. The summed E-state index contributed by atoms with van der Waals surface area (Å²) in [6.45, 7) is 2.55. The van der Waals surface area contributed by atoms with Crippen LogP contribution in [-0.2, 0) is 22.6 Å². The smallest absolute Gasteiger partial charge is 0.322 e. The van der Waals surface area contributed by atoms with Gasteiger partial charge in [0.05, 0.1) is 31.6 Å². The molecule has 0 bridgehead atoms. The lowest BCUT2D eigenvalue weighted by Gasteiger charge is -2.34. The number of hydrogen-bond donors (Lipinski definition) is 1. The van der Waals surface area contributed by atoms with E-state index in [1.54, 1.807) is 47.3 Å². The molecular weight excluding hydrogens is 351 g/mol. The maximum absolute atomic E-state index is 14.1. The molecule has 0 saturated carbocycles. The molecule has 0 aliphatic carbocycles. The van der Waals surface area contributed by atoms with E-state index in [0.717, 1.165) is 12.8 Å². The lowest BCUT2D eigenvalue weighted by Crippen LogP contribution is -2.45. The Morgan fingerprint density at radius 1 is 1.41 bits per heavy atom. The predicted molar refractivity (Wildman–Crippen MR) is 98.9 cm³/mol. The number of hydrogen-bond acceptors (Lipinski definition) is 4. The molecule has 1 aliphatic rings. The van der Waals surface area contributed by atoms with E-state index in [0.29, 0.717) is 37.6 Å². The van der Waals surface area contributed by atoms with Crippen LogP contribution in [-0.4, -0.2) is 53.7 Å². The molecule has 0 spiro atoms. The Labute approximate surface area is 158 Å². The van der Waals surface area contributed by atoms with Crippen LogP contribution >= 0.6 is 0 Å². The zero-order chi connectivity index (χ0) is 19.1. The summed E-state index contributed by atoms with van der Waals surface area (Å²) in [7, 11) is 1.63. The van der Waals surface area contributed by atoms with Gasteiger partial charge in [0.15, 0.2) is 0 Å². The number of nitrogens with zero attached hydrogens (tertiary/aromatic N) is 3. The molecule has 2 heterocycles. The zero-order valence-corrected chi connectivity index (χ0v) is 15.4. The molecule has 1 fully saturated rings. The molecule has 8 heteroatoms. The molecule has 0 unspecified atom stereocenters. The number of carbonyl (C=O) groups is 1. The highest BCUT2D eigenvalue weighted by Crippen LogP contribution is 2.20. The van der Waals surface area contributed by atoms with Crippen molar-refractivity contribution in [3.8, 4) is 0 Å². The van der Waals surface area contributed by atoms with Crippen molar-refractivity contribution >= 4 is 11.7 Å². The SMILES string of the molecule is COCCn1cc(NC(=O)N(Cc2ccccc2F)C2CCOCC2)cn1. The second-order valence-electron chi connectivity index (χ2n) is 6.48. The van der Waals surface area contributed by atoms with Gasteiger partial charge in [0, 0.05) is 38.1 Å². The number of benzene rings is 1. The first-order chi connectivity index (χ1) is 13.2. The second kappa shape index (κ2) is 9.48. The van der Waals surface area contributed by atoms with Gasteiger partial charge in [0.2, 0.25) is 0 Å². The quantitative estimate of drug-likeness (QED) is 0.807. The number of nitrogens with one attached hydrogen (secondary N) is 1. The summed E-state index contributed by atoms with van der Waals surface area (Å²) < 4.78 is 26.3. The van der Waals surface area contributed by atoms with Gasteiger partial charge in [-0.3, -0.25) is 4.68 Å². The average Bonchev–Trinajstić information content (AvgIpc) is 3.13. The summed E-state index contributed by atoms with van der Waals surface area (Å²) in [5.74, 6) is -0.310. The summed E-state index contributed by atoms with van der Waals surface area (Å²) >= 11 is 0. The number of methoxy groups -OCH3 is 1. The molecule has 0 radical (unpaired) electrons. The first kappa shape index (κ1) is 19.3. The minimum atomic E-state index is -0.310. The lowest BCUT2D eigenvalue weighted by atomic mass is 10.1. The van der Waals surface area contributed by atoms with Crippen molar-refractivity contribution in [3.05, 3.63) is 48.0 Å². The summed E-state index contributed by atoms with van der Waals surface area (Å²) in [5, 5.41) is 7.08. The van der Waals surface area contributed by atoms with Crippen LogP contribution in [0.2, 0.25) is 0 Å². The van der Waals surface area contributed by atoms with Gasteiger partial charge in [-0.1, -0.05) is 18.2 Å². The van der Waals surface area contributed by atoms with E-state index in [1.165, 1.54) is 6.07 Å². The third-order valence-electron chi connectivity index (χ3n) is 4.60. The van der Waals surface area contributed by atoms with Crippen LogP contribution in [0.4, 0.5) is 14.9 Å². The first-order valence-corrected chi connectivity index (χ1v) is 9.07. The molecule has 2 amide bonds. The summed E-state index contributed by atoms with van der Waals surface area (Å²) in [5.41, 5.74) is 1.09. The van der Waals surface area contributed by atoms with Gasteiger partial charge in [-0.25, -0.2) is 9.18 Å². The summed E-state index contributed by atoms with van der Waals surface area (Å²) in [6.07, 6.45) is 4.81. The van der Waals surface area contributed by atoms with Gasteiger partial charge >= 0.3 is 6.03 Å². The number of halogens is 1. The first-order valence-electron chi connectivity index (χ1n) is 9.07. The Bertz CT molecular complexity index is 746. The second-order valence-corrected chi connectivity index (χ2v) is 6.48. The van der Waals surface area contributed by atoms with Gasteiger partial charge in [0.1, 0.15) is 5.82 Å². The number of ether oxygens (including phenoxy) is 2. The Morgan fingerprint density at radius 3 is 2.93 bits per heavy atom. The lowest BCUT2D eigenvalue weighted by molar-refractivity contribution is 0.0457. The van der Waals surface area contributed by atoms with E-state index in [9.17, 15) is 9.18 Å². The highest BCUT2D eigenvalue weighted by Gasteiger charge is 2.27. The van der Waals surface area contributed by atoms with Gasteiger partial charge < -0.3 is 19.7 Å². The average molecular weight is 376 g/mol. The molecule has 0 atom stereocenters. The standard InChI is InChI=1S/C19H25FN4O3/c1-26-11-8-23-14-16(12-21-23)22-19(25)24(17-6-9-27-10-7-17)13-15-4-2-3-5-18(15)20/h2-5,12,14,17H,6-11,13H2,1H3,(H,22,25). The number of urea groups is 1. The predicted octanol–water partition coefficient (Wildman–Crippen LogP) is 2.88. The molecule has 1 aromatic carbocycles. The Hall–Kier alpha value is -2.45. The highest BCUT2D eigenvalue weighted by atomic mass is 19.1. The van der Waals surface area contributed by atoms with Crippen LogP contribution in [0.3, 0.4) is 0 Å². The maximum atomic E-state index is 14.1. The molecule has 27 heavy (non-hydrogen) atoms. The molecule has 146 valence electrons. The van der Waals surface area contributed by atoms with Crippen molar-refractivity contribution < 1.29 is 18.7 Å². The summed E-state index contributed by atoms with van der Waals surface area (Å²) in [6, 6.07) is 6.27. The molecule has 1 saturated heterocycles. The van der Waals surface area contributed by atoms with Crippen molar-refractivity contribution in [1.29, 1.82) is 0 Å². The zero-order valence-electron chi connectivity index (χ0n) is 15.4. The Balaban J connectivity index is 1.72. The van der Waals surface area contributed by atoms with Crippen molar-refractivity contribution in [1.82, 2.24) is 14.7 Å². The van der Waals surface area contributed by atoms with E-state index in [2.05, 4.69) is 10.4 Å². The fraction of sp³-hybridized carbons (Fsp3) is 0.474. The van der Waals surface area contributed by atoms with Crippen molar-refractivity contribution in [2.24, 2.45) is 0 Å². The largest absolute Gasteiger partial charge is 0.383 e. The number of rotatable bonds is 7. The van der Waals surface area contributed by atoms with Crippen LogP contribution in [0.5, 0.6) is 0 Å². The van der Waals surface area contributed by atoms with E-state index in [1.807, 2.05) is 0 Å². The maximum Gasteiger partial charge on any atom is 0.322 e. The van der Waals surface area contributed by atoms with Crippen molar-refractivity contribution in [2.75, 3.05) is 32.2 Å². The summed E-state index contributed by atoms with van der Waals surface area (Å²) in [4.78, 5) is 14.6. The molecule has 7 nitrogen and oxygen atoms in total. The molecule has 1 N–H and O–H groups in total. The normalized spacial score (nSPS) is 14.9. The molecule has 1 aliphatic heterocycles. The Morgan fingerprint density at radius 2 is 2.19 bits per heavy atom. The fourth-order valence-corrected chi connectivity index (χ4v) is 3.10. The third-order valence-corrected chi connectivity index (χ3v) is 4.60. The van der Waals surface area contributed by atoms with Crippen LogP contribution < -0.4 is 5.32 Å². The van der Waals surface area contributed by atoms with Crippen LogP contribution in [0.15, 0.2) is 36.7 Å². The number of anilines is 1. The molecule has 2 aromatic rings. The van der Waals surface area contributed by atoms with E-state index >= 15 is 0 Å². The Kier molecular flexibility index (Phi) is 6.78. The van der Waals surface area contributed by atoms with Crippen LogP contribution in [0.1, 0.15) is 18.4 Å². The van der Waals surface area contributed by atoms with E-state index in [-0.39, 0.29) is 24.4 Å². The minimum absolute atomic E-state index is 0.00175. The monoisotopic (exact) mass is 376 g/mol. The number of amides is 2. The van der Waals surface area contributed by atoms with Gasteiger partial charge in [0.25, 0.3) is 0 Å². The molecule has 1 aromatic heterocycles. The van der Waals surface area contributed by atoms with E-state index < -0.39 is 0 Å². The van der Waals surface area contributed by atoms with Crippen molar-refractivity contribution in [2.45, 2.75) is 32.0 Å². The number of carbonyl (C=O) groups excluding carboxylic acids is 1. The van der Waals surface area contributed by atoms with E-state index in [4.69, 9.17) is 9.47 Å². The fourth-order valence-electron chi connectivity index (χ4n) is 3.10. The van der Waals surface area contributed by atoms with Gasteiger partial charge in [-0.2, -0.15) is 5.10 Å². The van der Waals surface area contributed by atoms with Crippen molar-refractivity contribution in [3.63, 3.8) is 0 Å². The van der Waals surface area contributed by atoms with Crippen LogP contribution in [0, 0.1) is 5.82 Å². The topological polar surface area (TPSA) is 68.6 Å². The minimum Gasteiger partial charge on any atom is -0.383 e. The molecular formula is C19H25FN4O3. The highest BCUT2D eigenvalue weighted by molar-refractivity contribution is 5.89. The van der Waals surface area contributed by atoms with Crippen LogP contribution in [0.25, 0.3) is 0 Å². The third kappa shape index (κ3) is 5.27. The van der Waals surface area contributed by atoms with Gasteiger partial charge in [-0.05, 0) is 18.9 Å². The van der Waals surface area contributed by atoms with Gasteiger partial charge in [-0.15, -0.1) is 0 Å².